The summed E-state index contributed by atoms with van der Waals surface area (Å²) in [6.45, 7) is 1.97. The van der Waals surface area contributed by atoms with Crippen LogP contribution >= 0.6 is 11.3 Å². The van der Waals surface area contributed by atoms with Gasteiger partial charge in [-0.2, -0.15) is 4.31 Å². The molecular formula is C15H18N2O4S3. The molecule has 0 unspecified atom stereocenters. The van der Waals surface area contributed by atoms with Gasteiger partial charge in [-0.05, 0) is 35.7 Å². The third-order valence-electron chi connectivity index (χ3n) is 3.96. The van der Waals surface area contributed by atoms with E-state index in [2.05, 4.69) is 4.90 Å². The second-order valence-electron chi connectivity index (χ2n) is 5.59. The summed E-state index contributed by atoms with van der Waals surface area (Å²) in [4.78, 5) is 2.34. The maximum Gasteiger partial charge on any atom is 0.252 e. The van der Waals surface area contributed by atoms with Crippen LogP contribution < -0.4 is 4.90 Å². The summed E-state index contributed by atoms with van der Waals surface area (Å²) in [5, 5.41) is 1.76. The smallest absolute Gasteiger partial charge is 0.252 e. The molecule has 1 aliphatic heterocycles. The van der Waals surface area contributed by atoms with Crippen molar-refractivity contribution < 1.29 is 16.8 Å². The first-order valence-corrected chi connectivity index (χ1v) is 11.6. The maximum atomic E-state index is 12.5. The van der Waals surface area contributed by atoms with Crippen LogP contribution in [0.25, 0.3) is 0 Å². The summed E-state index contributed by atoms with van der Waals surface area (Å²) < 4.78 is 49.9. The van der Waals surface area contributed by atoms with Crippen molar-refractivity contribution in [3.05, 3.63) is 41.8 Å². The molecular weight excluding hydrogens is 368 g/mol. The van der Waals surface area contributed by atoms with Crippen LogP contribution in [0.2, 0.25) is 0 Å². The Hall–Kier alpha value is -1.42. The second kappa shape index (κ2) is 6.47. The van der Waals surface area contributed by atoms with Gasteiger partial charge in [0.1, 0.15) is 4.21 Å². The van der Waals surface area contributed by atoms with Gasteiger partial charge in [0.25, 0.3) is 10.0 Å². The number of anilines is 1. The van der Waals surface area contributed by atoms with E-state index in [-0.39, 0.29) is 4.90 Å². The number of piperazine rings is 1. The van der Waals surface area contributed by atoms with Crippen molar-refractivity contribution >= 4 is 36.9 Å². The summed E-state index contributed by atoms with van der Waals surface area (Å²) in [5.41, 5.74) is 0.899. The van der Waals surface area contributed by atoms with E-state index in [9.17, 15) is 16.8 Å². The van der Waals surface area contributed by atoms with Gasteiger partial charge in [0.15, 0.2) is 9.84 Å². The molecule has 9 heteroatoms. The largest absolute Gasteiger partial charge is 0.369 e. The molecule has 6 nitrogen and oxygen atoms in total. The molecule has 1 aliphatic rings. The molecule has 0 aliphatic carbocycles. The molecule has 0 atom stereocenters. The zero-order valence-corrected chi connectivity index (χ0v) is 15.6. The number of nitrogens with zero attached hydrogens (tertiary/aromatic N) is 2. The highest BCUT2D eigenvalue weighted by atomic mass is 32.2. The van der Waals surface area contributed by atoms with E-state index in [1.165, 1.54) is 21.9 Å². The van der Waals surface area contributed by atoms with E-state index < -0.39 is 19.9 Å². The average molecular weight is 387 g/mol. The lowest BCUT2D eigenvalue weighted by molar-refractivity contribution is 0.386. The van der Waals surface area contributed by atoms with E-state index >= 15 is 0 Å². The lowest BCUT2D eigenvalue weighted by atomic mass is 10.2. The number of sulfonamides is 1. The highest BCUT2D eigenvalue weighted by Crippen LogP contribution is 2.24. The highest BCUT2D eigenvalue weighted by Gasteiger charge is 2.29. The minimum absolute atomic E-state index is 0.283. The summed E-state index contributed by atoms with van der Waals surface area (Å²) >= 11 is 1.22. The Balaban J connectivity index is 1.69. The molecule has 0 spiro atoms. The van der Waals surface area contributed by atoms with E-state index in [0.29, 0.717) is 30.4 Å². The van der Waals surface area contributed by atoms with E-state index in [1.54, 1.807) is 41.8 Å². The summed E-state index contributed by atoms with van der Waals surface area (Å²) in [6, 6.07) is 10.0. The van der Waals surface area contributed by atoms with Gasteiger partial charge in [0, 0.05) is 38.1 Å². The topological polar surface area (TPSA) is 74.8 Å². The molecule has 0 radical (unpaired) electrons. The lowest BCUT2D eigenvalue weighted by Crippen LogP contribution is -2.48. The van der Waals surface area contributed by atoms with Gasteiger partial charge < -0.3 is 4.90 Å². The first-order valence-electron chi connectivity index (χ1n) is 7.37. The Morgan fingerprint density at radius 2 is 1.54 bits per heavy atom. The Morgan fingerprint density at radius 3 is 2.04 bits per heavy atom. The minimum atomic E-state index is -3.40. The quantitative estimate of drug-likeness (QED) is 0.799. The van der Waals surface area contributed by atoms with Crippen LogP contribution in [-0.4, -0.2) is 53.6 Å². The monoisotopic (exact) mass is 386 g/mol. The van der Waals surface area contributed by atoms with Crippen LogP contribution in [0.5, 0.6) is 0 Å². The summed E-state index contributed by atoms with van der Waals surface area (Å²) in [7, 11) is -6.61. The average Bonchev–Trinajstić information content (AvgIpc) is 3.10. The molecule has 3 rings (SSSR count). The van der Waals surface area contributed by atoms with E-state index in [0.717, 1.165) is 5.69 Å². The molecule has 1 saturated heterocycles. The fourth-order valence-electron chi connectivity index (χ4n) is 2.63. The van der Waals surface area contributed by atoms with Gasteiger partial charge in [-0.3, -0.25) is 0 Å². The van der Waals surface area contributed by atoms with Crippen molar-refractivity contribution in [3.8, 4) is 0 Å². The van der Waals surface area contributed by atoms with Crippen LogP contribution in [0, 0.1) is 0 Å². The number of sulfone groups is 1. The molecule has 0 saturated carbocycles. The predicted octanol–water partition coefficient (Wildman–Crippen LogP) is 1.66. The van der Waals surface area contributed by atoms with Gasteiger partial charge >= 0.3 is 0 Å². The standard InChI is InChI=1S/C15H18N2O4S3/c1-23(18,19)14-6-4-13(5-7-14)16-8-10-17(11-9-16)24(20,21)15-3-2-12-22-15/h2-7,12H,8-11H2,1H3. The zero-order chi connectivity index (χ0) is 17.4. The molecule has 1 aromatic heterocycles. The van der Waals surface area contributed by atoms with Crippen molar-refractivity contribution in [3.63, 3.8) is 0 Å². The molecule has 1 aromatic carbocycles. The normalized spacial score (nSPS) is 17.1. The molecule has 0 amide bonds. The number of hydrogen-bond acceptors (Lipinski definition) is 6. The van der Waals surface area contributed by atoms with Crippen LogP contribution in [0.1, 0.15) is 0 Å². The highest BCUT2D eigenvalue weighted by molar-refractivity contribution is 7.91. The zero-order valence-electron chi connectivity index (χ0n) is 13.1. The molecule has 24 heavy (non-hydrogen) atoms. The predicted molar refractivity (Wildman–Crippen MR) is 94.8 cm³/mol. The van der Waals surface area contributed by atoms with Gasteiger partial charge in [0.05, 0.1) is 4.90 Å². The van der Waals surface area contributed by atoms with Gasteiger partial charge in [-0.15, -0.1) is 11.3 Å². The number of benzene rings is 1. The van der Waals surface area contributed by atoms with Gasteiger partial charge in [-0.1, -0.05) is 6.07 Å². The molecule has 0 N–H and O–H groups in total. The number of hydrogen-bond donors (Lipinski definition) is 0. The Morgan fingerprint density at radius 1 is 0.917 bits per heavy atom. The Bertz CT molecular complexity index is 896. The van der Waals surface area contributed by atoms with Crippen molar-refractivity contribution in [1.29, 1.82) is 0 Å². The van der Waals surface area contributed by atoms with E-state index in [1.807, 2.05) is 0 Å². The first kappa shape index (κ1) is 17.4. The Kier molecular flexibility index (Phi) is 4.69. The minimum Gasteiger partial charge on any atom is -0.369 e. The third kappa shape index (κ3) is 3.49. The van der Waals surface area contributed by atoms with Crippen molar-refractivity contribution in [2.45, 2.75) is 9.10 Å². The number of thiophene rings is 1. The number of rotatable bonds is 4. The molecule has 2 heterocycles. The lowest BCUT2D eigenvalue weighted by Gasteiger charge is -2.35. The van der Waals surface area contributed by atoms with Crippen molar-refractivity contribution in [2.75, 3.05) is 37.3 Å². The summed E-state index contributed by atoms with van der Waals surface area (Å²) in [5.74, 6) is 0. The molecule has 0 bridgehead atoms. The Labute approximate surface area is 146 Å². The van der Waals surface area contributed by atoms with Crippen LogP contribution in [0.4, 0.5) is 5.69 Å². The van der Waals surface area contributed by atoms with Crippen molar-refractivity contribution in [1.82, 2.24) is 4.31 Å². The first-order chi connectivity index (χ1) is 11.3. The van der Waals surface area contributed by atoms with Crippen LogP contribution in [-0.2, 0) is 19.9 Å². The second-order valence-corrected chi connectivity index (χ2v) is 10.7. The molecule has 130 valence electrons. The fraction of sp³-hybridized carbons (Fsp3) is 0.333. The third-order valence-corrected chi connectivity index (χ3v) is 8.36. The van der Waals surface area contributed by atoms with Gasteiger partial charge in [0.2, 0.25) is 0 Å². The summed E-state index contributed by atoms with van der Waals surface area (Å²) in [6.07, 6.45) is 1.18. The van der Waals surface area contributed by atoms with Crippen LogP contribution in [0.3, 0.4) is 0 Å². The van der Waals surface area contributed by atoms with E-state index in [4.69, 9.17) is 0 Å². The molecule has 2 aromatic rings. The van der Waals surface area contributed by atoms with Crippen LogP contribution in [0.15, 0.2) is 50.9 Å². The van der Waals surface area contributed by atoms with Gasteiger partial charge in [-0.25, -0.2) is 16.8 Å². The maximum absolute atomic E-state index is 12.5. The fourth-order valence-corrected chi connectivity index (χ4v) is 5.83. The molecule has 1 fully saturated rings. The SMILES string of the molecule is CS(=O)(=O)c1ccc(N2CCN(S(=O)(=O)c3cccs3)CC2)cc1. The van der Waals surface area contributed by atoms with Crippen molar-refractivity contribution in [2.24, 2.45) is 0 Å².